The van der Waals surface area contributed by atoms with Crippen molar-refractivity contribution in [2.24, 2.45) is 0 Å². The minimum absolute atomic E-state index is 0.161. The Hall–Kier alpha value is -3.09. The molecule has 0 radical (unpaired) electrons. The highest BCUT2D eigenvalue weighted by Crippen LogP contribution is 2.40. The van der Waals surface area contributed by atoms with Gasteiger partial charge in [-0.2, -0.15) is 0 Å². The van der Waals surface area contributed by atoms with Crippen molar-refractivity contribution in [1.82, 2.24) is 4.90 Å². The number of rotatable bonds is 8. The Morgan fingerprint density at radius 3 is 2.19 bits per heavy atom. The first-order valence-electron chi connectivity index (χ1n) is 10.6. The van der Waals surface area contributed by atoms with Crippen molar-refractivity contribution in [2.45, 2.75) is 19.3 Å². The molecule has 1 saturated heterocycles. The zero-order valence-electron chi connectivity index (χ0n) is 18.8. The molecule has 0 aliphatic carbocycles. The summed E-state index contributed by atoms with van der Waals surface area (Å²) in [6.45, 7) is 3.24. The monoisotopic (exact) mass is 428 g/mol. The standard InChI is InChI=1S/C24H32N2O5/c1-28-20-10-8-19(9-11-20)25-14-5-15-26(17-16-25)22(27)13-7-18-6-12-21(29-2)24(31-4)23(18)30-3/h6,8-12H,5,7,13-17H2,1-4H3. The lowest BCUT2D eigenvalue weighted by Gasteiger charge is -2.24. The molecule has 1 aliphatic rings. The Balaban J connectivity index is 1.60. The fraction of sp³-hybridized carbons (Fsp3) is 0.458. The molecule has 0 bridgehead atoms. The zero-order chi connectivity index (χ0) is 22.2. The summed E-state index contributed by atoms with van der Waals surface area (Å²) < 4.78 is 21.6. The van der Waals surface area contributed by atoms with E-state index in [1.807, 2.05) is 29.2 Å². The summed E-state index contributed by atoms with van der Waals surface area (Å²) >= 11 is 0. The van der Waals surface area contributed by atoms with E-state index in [0.717, 1.165) is 43.1 Å². The van der Waals surface area contributed by atoms with Crippen LogP contribution in [0, 0.1) is 0 Å². The number of carbonyl (C=O) groups is 1. The van der Waals surface area contributed by atoms with Crippen LogP contribution in [-0.2, 0) is 11.2 Å². The number of benzene rings is 2. The van der Waals surface area contributed by atoms with Crippen molar-refractivity contribution in [3.05, 3.63) is 42.0 Å². The predicted octanol–water partition coefficient (Wildman–Crippen LogP) is 3.39. The summed E-state index contributed by atoms with van der Waals surface area (Å²) in [5, 5.41) is 0. The second kappa shape index (κ2) is 10.8. The van der Waals surface area contributed by atoms with Gasteiger partial charge in [0.2, 0.25) is 11.7 Å². The molecule has 2 aromatic carbocycles. The molecule has 0 unspecified atom stereocenters. The van der Waals surface area contributed by atoms with Gasteiger partial charge in [0.15, 0.2) is 11.5 Å². The average molecular weight is 429 g/mol. The summed E-state index contributed by atoms with van der Waals surface area (Å²) in [6, 6.07) is 11.9. The molecule has 7 heteroatoms. The van der Waals surface area contributed by atoms with Gasteiger partial charge in [-0.25, -0.2) is 0 Å². The number of aryl methyl sites for hydroxylation is 1. The SMILES string of the molecule is COc1ccc(N2CCCN(C(=O)CCc3ccc(OC)c(OC)c3OC)CC2)cc1. The Morgan fingerprint density at radius 2 is 1.55 bits per heavy atom. The van der Waals surface area contributed by atoms with Crippen LogP contribution in [0.5, 0.6) is 23.0 Å². The molecule has 1 fully saturated rings. The number of carbonyl (C=O) groups excluding carboxylic acids is 1. The molecular weight excluding hydrogens is 396 g/mol. The van der Waals surface area contributed by atoms with Crippen LogP contribution in [0.4, 0.5) is 5.69 Å². The molecule has 0 N–H and O–H groups in total. The predicted molar refractivity (Wildman–Crippen MR) is 121 cm³/mol. The van der Waals surface area contributed by atoms with E-state index in [0.29, 0.717) is 36.6 Å². The van der Waals surface area contributed by atoms with Crippen molar-refractivity contribution in [1.29, 1.82) is 0 Å². The van der Waals surface area contributed by atoms with Crippen LogP contribution in [-0.4, -0.2) is 65.4 Å². The first-order chi connectivity index (χ1) is 15.1. The molecule has 31 heavy (non-hydrogen) atoms. The van der Waals surface area contributed by atoms with E-state index >= 15 is 0 Å². The number of hydrogen-bond donors (Lipinski definition) is 0. The van der Waals surface area contributed by atoms with Gasteiger partial charge in [0.1, 0.15) is 5.75 Å². The Labute approximate surface area is 184 Å². The highest BCUT2D eigenvalue weighted by Gasteiger charge is 2.21. The van der Waals surface area contributed by atoms with Crippen LogP contribution < -0.4 is 23.8 Å². The smallest absolute Gasteiger partial charge is 0.222 e. The van der Waals surface area contributed by atoms with Crippen molar-refractivity contribution < 1.29 is 23.7 Å². The Morgan fingerprint density at radius 1 is 0.806 bits per heavy atom. The lowest BCUT2D eigenvalue weighted by atomic mass is 10.1. The van der Waals surface area contributed by atoms with Crippen LogP contribution in [0.3, 0.4) is 0 Å². The lowest BCUT2D eigenvalue weighted by Crippen LogP contribution is -2.35. The van der Waals surface area contributed by atoms with E-state index in [1.54, 1.807) is 28.4 Å². The quantitative estimate of drug-likeness (QED) is 0.642. The van der Waals surface area contributed by atoms with Gasteiger partial charge in [-0.3, -0.25) is 4.79 Å². The van der Waals surface area contributed by atoms with Crippen LogP contribution in [0.2, 0.25) is 0 Å². The van der Waals surface area contributed by atoms with Crippen LogP contribution in [0.15, 0.2) is 36.4 Å². The Bertz CT molecular complexity index is 869. The largest absolute Gasteiger partial charge is 0.497 e. The van der Waals surface area contributed by atoms with E-state index in [2.05, 4.69) is 17.0 Å². The third-order valence-electron chi connectivity index (χ3n) is 5.68. The second-order valence-electron chi connectivity index (χ2n) is 7.41. The Kier molecular flexibility index (Phi) is 7.87. The molecule has 0 saturated carbocycles. The molecule has 3 rings (SSSR count). The van der Waals surface area contributed by atoms with Crippen molar-refractivity contribution in [3.63, 3.8) is 0 Å². The number of methoxy groups -OCH3 is 4. The summed E-state index contributed by atoms with van der Waals surface area (Å²) in [5.74, 6) is 2.80. The van der Waals surface area contributed by atoms with E-state index in [1.165, 1.54) is 0 Å². The minimum atomic E-state index is 0.161. The van der Waals surface area contributed by atoms with E-state index < -0.39 is 0 Å². The van der Waals surface area contributed by atoms with Crippen molar-refractivity contribution in [3.8, 4) is 23.0 Å². The fourth-order valence-corrected chi connectivity index (χ4v) is 3.98. The third-order valence-corrected chi connectivity index (χ3v) is 5.68. The maximum absolute atomic E-state index is 12.9. The van der Waals surface area contributed by atoms with E-state index in [-0.39, 0.29) is 5.91 Å². The van der Waals surface area contributed by atoms with Crippen LogP contribution in [0.1, 0.15) is 18.4 Å². The zero-order valence-corrected chi connectivity index (χ0v) is 18.8. The van der Waals surface area contributed by atoms with Gasteiger partial charge in [-0.1, -0.05) is 6.07 Å². The normalized spacial score (nSPS) is 14.1. The van der Waals surface area contributed by atoms with Crippen LogP contribution in [0.25, 0.3) is 0 Å². The first kappa shape index (κ1) is 22.6. The second-order valence-corrected chi connectivity index (χ2v) is 7.41. The fourth-order valence-electron chi connectivity index (χ4n) is 3.98. The molecule has 1 heterocycles. The maximum atomic E-state index is 12.9. The van der Waals surface area contributed by atoms with Crippen LogP contribution >= 0.6 is 0 Å². The maximum Gasteiger partial charge on any atom is 0.222 e. The first-order valence-corrected chi connectivity index (χ1v) is 10.6. The molecule has 0 spiro atoms. The molecule has 2 aromatic rings. The number of ether oxygens (including phenoxy) is 4. The molecular formula is C24H32N2O5. The number of amides is 1. The van der Waals surface area contributed by atoms with E-state index in [4.69, 9.17) is 18.9 Å². The number of hydrogen-bond acceptors (Lipinski definition) is 6. The summed E-state index contributed by atoms with van der Waals surface area (Å²) in [6.07, 6.45) is 1.95. The topological polar surface area (TPSA) is 60.5 Å². The third kappa shape index (κ3) is 5.34. The van der Waals surface area contributed by atoms with Crippen molar-refractivity contribution >= 4 is 11.6 Å². The van der Waals surface area contributed by atoms with Gasteiger partial charge >= 0.3 is 0 Å². The minimum Gasteiger partial charge on any atom is -0.497 e. The van der Waals surface area contributed by atoms with Crippen molar-refractivity contribution in [2.75, 3.05) is 59.5 Å². The summed E-state index contributed by atoms with van der Waals surface area (Å²) in [4.78, 5) is 17.2. The lowest BCUT2D eigenvalue weighted by molar-refractivity contribution is -0.130. The number of anilines is 1. The highest BCUT2D eigenvalue weighted by atomic mass is 16.5. The molecule has 0 atom stereocenters. The summed E-state index contributed by atoms with van der Waals surface area (Å²) in [7, 11) is 6.45. The molecule has 168 valence electrons. The summed E-state index contributed by atoms with van der Waals surface area (Å²) in [5.41, 5.74) is 2.09. The van der Waals surface area contributed by atoms with Gasteiger partial charge in [0.05, 0.1) is 28.4 Å². The van der Waals surface area contributed by atoms with Gasteiger partial charge in [-0.05, 0) is 48.7 Å². The average Bonchev–Trinajstić information content (AvgIpc) is 3.08. The van der Waals surface area contributed by atoms with E-state index in [9.17, 15) is 4.79 Å². The molecule has 1 amide bonds. The molecule has 0 aromatic heterocycles. The number of nitrogens with zero attached hydrogens (tertiary/aromatic N) is 2. The molecule has 7 nitrogen and oxygen atoms in total. The van der Waals surface area contributed by atoms with Gasteiger partial charge in [0.25, 0.3) is 0 Å². The van der Waals surface area contributed by atoms with Gasteiger partial charge < -0.3 is 28.7 Å². The highest BCUT2D eigenvalue weighted by molar-refractivity contribution is 5.77. The van der Waals surface area contributed by atoms with Gasteiger partial charge in [0, 0.05) is 38.3 Å². The molecule has 1 aliphatic heterocycles. The van der Waals surface area contributed by atoms with Gasteiger partial charge in [-0.15, -0.1) is 0 Å².